The summed E-state index contributed by atoms with van der Waals surface area (Å²) in [4.78, 5) is 0. The molecule has 1 aliphatic heterocycles. The number of anilines is 1. The summed E-state index contributed by atoms with van der Waals surface area (Å²) < 4.78 is 29.7. The van der Waals surface area contributed by atoms with Crippen molar-refractivity contribution in [2.45, 2.75) is 0 Å². The van der Waals surface area contributed by atoms with Crippen molar-refractivity contribution in [3.63, 3.8) is 0 Å². The van der Waals surface area contributed by atoms with Gasteiger partial charge < -0.3 is 4.74 Å². The number of rotatable bonds is 1. The Bertz CT molecular complexity index is 443. The van der Waals surface area contributed by atoms with Crippen molar-refractivity contribution in [3.05, 3.63) is 29.3 Å². The molecule has 1 aromatic carbocycles. The normalized spacial score (nSPS) is 20.2. The number of sulfonamides is 1. The molecule has 0 bridgehead atoms. The second-order valence-electron chi connectivity index (χ2n) is 3.18. The van der Waals surface area contributed by atoms with Gasteiger partial charge in [-0.25, -0.2) is 12.7 Å². The zero-order valence-electron chi connectivity index (χ0n) is 7.89. The number of halogens is 1. The lowest BCUT2D eigenvalue weighted by Crippen LogP contribution is -2.41. The van der Waals surface area contributed by atoms with Crippen LogP contribution in [0.15, 0.2) is 24.3 Å². The SMILES string of the molecule is O=S1(=O)CCOCN1c1ccc(Cl)cc1. The highest BCUT2D eigenvalue weighted by atomic mass is 35.5. The van der Waals surface area contributed by atoms with Gasteiger partial charge in [0.25, 0.3) is 0 Å². The minimum Gasteiger partial charge on any atom is -0.359 e. The van der Waals surface area contributed by atoms with Crippen LogP contribution in [0.5, 0.6) is 0 Å². The maximum absolute atomic E-state index is 11.7. The fourth-order valence-corrected chi connectivity index (χ4v) is 2.70. The molecule has 0 spiro atoms. The summed E-state index contributed by atoms with van der Waals surface area (Å²) in [5, 5.41) is 0.578. The molecule has 1 heterocycles. The molecule has 1 saturated heterocycles. The standard InChI is InChI=1S/C9H10ClNO3S/c10-8-1-3-9(4-2-8)11-7-14-5-6-15(11,12)13/h1-4H,5-7H2. The van der Waals surface area contributed by atoms with Crippen LogP contribution >= 0.6 is 11.6 Å². The molecule has 1 aliphatic rings. The molecule has 2 rings (SSSR count). The zero-order chi connectivity index (χ0) is 10.9. The number of benzene rings is 1. The summed E-state index contributed by atoms with van der Waals surface area (Å²) in [5.41, 5.74) is 0.583. The molecule has 1 fully saturated rings. The smallest absolute Gasteiger partial charge is 0.239 e. The number of ether oxygens (including phenoxy) is 1. The van der Waals surface area contributed by atoms with E-state index in [4.69, 9.17) is 16.3 Å². The van der Waals surface area contributed by atoms with E-state index in [2.05, 4.69) is 0 Å². The quantitative estimate of drug-likeness (QED) is 0.755. The summed E-state index contributed by atoms with van der Waals surface area (Å²) in [6.07, 6.45) is 0. The molecule has 0 N–H and O–H groups in total. The fraction of sp³-hybridized carbons (Fsp3) is 0.333. The predicted octanol–water partition coefficient (Wildman–Crippen LogP) is 1.46. The van der Waals surface area contributed by atoms with Crippen LogP contribution in [0.25, 0.3) is 0 Å². The van der Waals surface area contributed by atoms with Crippen molar-refractivity contribution in [1.82, 2.24) is 0 Å². The van der Waals surface area contributed by atoms with E-state index in [0.29, 0.717) is 10.7 Å². The van der Waals surface area contributed by atoms with E-state index >= 15 is 0 Å². The highest BCUT2D eigenvalue weighted by molar-refractivity contribution is 7.92. The molecule has 82 valence electrons. The molecular weight excluding hydrogens is 238 g/mol. The Morgan fingerprint density at radius 1 is 1.27 bits per heavy atom. The Hall–Kier alpha value is -0.780. The van der Waals surface area contributed by atoms with E-state index in [1.54, 1.807) is 24.3 Å². The average molecular weight is 248 g/mol. The van der Waals surface area contributed by atoms with Crippen molar-refractivity contribution >= 4 is 27.3 Å². The van der Waals surface area contributed by atoms with Crippen LogP contribution < -0.4 is 4.31 Å². The largest absolute Gasteiger partial charge is 0.359 e. The molecule has 0 unspecified atom stereocenters. The fourth-order valence-electron chi connectivity index (χ4n) is 1.34. The summed E-state index contributed by atoms with van der Waals surface area (Å²) >= 11 is 5.72. The van der Waals surface area contributed by atoms with Crippen molar-refractivity contribution in [3.8, 4) is 0 Å². The van der Waals surface area contributed by atoms with Gasteiger partial charge in [0.15, 0.2) is 0 Å². The third-order valence-electron chi connectivity index (χ3n) is 2.14. The summed E-state index contributed by atoms with van der Waals surface area (Å²) in [6, 6.07) is 6.63. The number of hydrogen-bond acceptors (Lipinski definition) is 3. The molecule has 0 atom stereocenters. The van der Waals surface area contributed by atoms with Crippen molar-refractivity contribution < 1.29 is 13.2 Å². The lowest BCUT2D eigenvalue weighted by atomic mass is 10.3. The third kappa shape index (κ3) is 2.25. The molecule has 0 saturated carbocycles. The van der Waals surface area contributed by atoms with Crippen LogP contribution in [-0.4, -0.2) is 27.5 Å². The Balaban J connectivity index is 2.33. The Morgan fingerprint density at radius 2 is 1.93 bits per heavy atom. The van der Waals surface area contributed by atoms with E-state index in [0.717, 1.165) is 0 Å². The zero-order valence-corrected chi connectivity index (χ0v) is 9.46. The van der Waals surface area contributed by atoms with E-state index in [1.807, 2.05) is 0 Å². The van der Waals surface area contributed by atoms with E-state index in [9.17, 15) is 8.42 Å². The molecule has 15 heavy (non-hydrogen) atoms. The molecule has 0 aromatic heterocycles. The Morgan fingerprint density at radius 3 is 2.53 bits per heavy atom. The molecule has 6 heteroatoms. The predicted molar refractivity (Wildman–Crippen MR) is 58.5 cm³/mol. The topological polar surface area (TPSA) is 46.6 Å². The van der Waals surface area contributed by atoms with Gasteiger partial charge in [0, 0.05) is 5.02 Å². The molecular formula is C9H10ClNO3S. The van der Waals surface area contributed by atoms with Gasteiger partial charge >= 0.3 is 0 Å². The van der Waals surface area contributed by atoms with Gasteiger partial charge in [0.1, 0.15) is 6.73 Å². The summed E-state index contributed by atoms with van der Waals surface area (Å²) in [7, 11) is -3.22. The Kier molecular flexibility index (Phi) is 2.86. The van der Waals surface area contributed by atoms with Gasteiger partial charge in [-0.1, -0.05) is 11.6 Å². The first kappa shape index (κ1) is 10.7. The minimum atomic E-state index is -3.22. The molecule has 1 aromatic rings. The average Bonchev–Trinajstić information content (AvgIpc) is 2.19. The minimum absolute atomic E-state index is 0.0234. The van der Waals surface area contributed by atoms with Crippen LogP contribution in [0.3, 0.4) is 0 Å². The Labute approximate surface area is 93.5 Å². The van der Waals surface area contributed by atoms with Crippen molar-refractivity contribution in [2.24, 2.45) is 0 Å². The molecule has 0 aliphatic carbocycles. The maximum Gasteiger partial charge on any atom is 0.239 e. The van der Waals surface area contributed by atoms with Gasteiger partial charge in [-0.05, 0) is 24.3 Å². The molecule has 0 amide bonds. The van der Waals surface area contributed by atoms with Crippen molar-refractivity contribution in [2.75, 3.05) is 23.4 Å². The van der Waals surface area contributed by atoms with Gasteiger partial charge in [-0.3, -0.25) is 0 Å². The van der Waals surface area contributed by atoms with Crippen molar-refractivity contribution in [1.29, 1.82) is 0 Å². The second-order valence-corrected chi connectivity index (χ2v) is 5.63. The summed E-state index contributed by atoms with van der Waals surface area (Å²) in [5.74, 6) is 0.0234. The second kappa shape index (κ2) is 4.00. The highest BCUT2D eigenvalue weighted by Crippen LogP contribution is 2.22. The van der Waals surface area contributed by atoms with Crippen LogP contribution in [-0.2, 0) is 14.8 Å². The number of hydrogen-bond donors (Lipinski definition) is 0. The third-order valence-corrected chi connectivity index (χ3v) is 4.07. The van der Waals surface area contributed by atoms with Crippen LogP contribution in [0.1, 0.15) is 0 Å². The highest BCUT2D eigenvalue weighted by Gasteiger charge is 2.26. The van der Waals surface area contributed by atoms with Gasteiger partial charge in [0.05, 0.1) is 18.0 Å². The van der Waals surface area contributed by atoms with Gasteiger partial charge in [-0.15, -0.1) is 0 Å². The number of nitrogens with zero attached hydrogens (tertiary/aromatic N) is 1. The first-order chi connectivity index (χ1) is 7.09. The monoisotopic (exact) mass is 247 g/mol. The lowest BCUT2D eigenvalue weighted by Gasteiger charge is -2.28. The van der Waals surface area contributed by atoms with Crippen LogP contribution in [0.4, 0.5) is 5.69 Å². The van der Waals surface area contributed by atoms with Crippen LogP contribution in [0.2, 0.25) is 5.02 Å². The van der Waals surface area contributed by atoms with E-state index in [-0.39, 0.29) is 19.1 Å². The molecule has 4 nitrogen and oxygen atoms in total. The summed E-state index contributed by atoms with van der Waals surface area (Å²) in [6.45, 7) is 0.330. The first-order valence-electron chi connectivity index (χ1n) is 4.43. The maximum atomic E-state index is 11.7. The van der Waals surface area contributed by atoms with Gasteiger partial charge in [0.2, 0.25) is 10.0 Å². The first-order valence-corrected chi connectivity index (χ1v) is 6.42. The van der Waals surface area contributed by atoms with E-state index in [1.165, 1.54) is 4.31 Å². The van der Waals surface area contributed by atoms with Gasteiger partial charge in [-0.2, -0.15) is 0 Å². The van der Waals surface area contributed by atoms with Crippen LogP contribution in [0, 0.1) is 0 Å². The van der Waals surface area contributed by atoms with E-state index < -0.39 is 10.0 Å². The molecule has 0 radical (unpaired) electrons. The lowest BCUT2D eigenvalue weighted by molar-refractivity contribution is 0.149.